The number of hydrogen-bond donors (Lipinski definition) is 1. The number of hydrogen-bond acceptors (Lipinski definition) is 5. The summed E-state index contributed by atoms with van der Waals surface area (Å²) in [4.78, 5) is 13.4. The number of aliphatic hydroxyl groups excluding tert-OH is 1. The first-order chi connectivity index (χ1) is 7.17. The second kappa shape index (κ2) is 6.05. The van der Waals surface area contributed by atoms with Crippen LogP contribution < -0.4 is 0 Å². The average molecular weight is 217 g/mol. The molecule has 1 saturated heterocycles. The highest BCUT2D eigenvalue weighted by atomic mass is 16.6. The first-order valence-corrected chi connectivity index (χ1v) is 5.20. The summed E-state index contributed by atoms with van der Waals surface area (Å²) in [6.07, 6.45) is -0.477. The molecule has 0 spiro atoms. The van der Waals surface area contributed by atoms with Crippen LogP contribution in [0.4, 0.5) is 0 Å². The minimum absolute atomic E-state index is 0.167. The topological polar surface area (TPSA) is 59.0 Å². The van der Waals surface area contributed by atoms with Gasteiger partial charge < -0.3 is 14.6 Å². The number of esters is 1. The molecule has 5 heteroatoms. The minimum Gasteiger partial charge on any atom is -0.467 e. The molecule has 0 radical (unpaired) electrons. The van der Waals surface area contributed by atoms with Crippen LogP contribution in [0.25, 0.3) is 0 Å². The van der Waals surface area contributed by atoms with Crippen LogP contribution in [0.3, 0.4) is 0 Å². The molecule has 0 amide bonds. The predicted octanol–water partition coefficient (Wildman–Crippen LogP) is -0.511. The lowest BCUT2D eigenvalue weighted by Gasteiger charge is -2.32. The largest absolute Gasteiger partial charge is 0.467 e. The molecule has 15 heavy (non-hydrogen) atoms. The Morgan fingerprint density at radius 3 is 3.07 bits per heavy atom. The van der Waals surface area contributed by atoms with Gasteiger partial charge in [0.15, 0.2) is 6.10 Å². The SMILES string of the molecule is COC(=O)C1CN(CC(C)CO)CCO1. The number of rotatable bonds is 4. The van der Waals surface area contributed by atoms with Crippen LogP contribution in [-0.2, 0) is 14.3 Å². The van der Waals surface area contributed by atoms with Crippen LogP contribution in [0.5, 0.6) is 0 Å². The molecule has 1 fully saturated rings. The Kier molecular flexibility index (Phi) is 5.01. The van der Waals surface area contributed by atoms with Crippen LogP contribution in [0.2, 0.25) is 0 Å². The van der Waals surface area contributed by atoms with Crippen LogP contribution in [-0.4, -0.2) is 62.0 Å². The Balaban J connectivity index is 2.38. The number of ether oxygens (including phenoxy) is 2. The van der Waals surface area contributed by atoms with Crippen molar-refractivity contribution in [2.24, 2.45) is 5.92 Å². The van der Waals surface area contributed by atoms with Crippen LogP contribution in [0, 0.1) is 5.92 Å². The zero-order valence-electron chi connectivity index (χ0n) is 9.31. The van der Waals surface area contributed by atoms with Crippen molar-refractivity contribution >= 4 is 5.97 Å². The van der Waals surface area contributed by atoms with E-state index in [0.29, 0.717) is 13.2 Å². The lowest BCUT2D eigenvalue weighted by atomic mass is 10.1. The fourth-order valence-corrected chi connectivity index (χ4v) is 1.64. The highest BCUT2D eigenvalue weighted by molar-refractivity contribution is 5.74. The molecule has 0 aromatic carbocycles. The van der Waals surface area contributed by atoms with E-state index >= 15 is 0 Å². The van der Waals surface area contributed by atoms with Crippen LogP contribution >= 0.6 is 0 Å². The Bertz CT molecular complexity index is 210. The summed E-state index contributed by atoms with van der Waals surface area (Å²) in [5.74, 6) is -0.0993. The molecule has 2 atom stereocenters. The van der Waals surface area contributed by atoms with Gasteiger partial charge in [0.1, 0.15) is 0 Å². The van der Waals surface area contributed by atoms with Crippen molar-refractivity contribution in [1.29, 1.82) is 0 Å². The van der Waals surface area contributed by atoms with Crippen molar-refractivity contribution in [3.05, 3.63) is 0 Å². The number of carbonyl (C=O) groups excluding carboxylic acids is 1. The maximum atomic E-state index is 11.2. The van der Waals surface area contributed by atoms with Crippen molar-refractivity contribution in [1.82, 2.24) is 4.90 Å². The van der Waals surface area contributed by atoms with E-state index < -0.39 is 6.10 Å². The molecule has 0 aromatic rings. The third-order valence-electron chi connectivity index (χ3n) is 2.50. The van der Waals surface area contributed by atoms with Crippen molar-refractivity contribution in [3.63, 3.8) is 0 Å². The van der Waals surface area contributed by atoms with E-state index in [-0.39, 0.29) is 18.5 Å². The third-order valence-corrected chi connectivity index (χ3v) is 2.50. The van der Waals surface area contributed by atoms with Crippen molar-refractivity contribution in [3.8, 4) is 0 Å². The number of nitrogens with zero attached hydrogens (tertiary/aromatic N) is 1. The van der Waals surface area contributed by atoms with Crippen molar-refractivity contribution in [2.45, 2.75) is 13.0 Å². The molecule has 1 rings (SSSR count). The van der Waals surface area contributed by atoms with E-state index in [1.807, 2.05) is 6.92 Å². The van der Waals surface area contributed by atoms with Gasteiger partial charge in [0.05, 0.1) is 13.7 Å². The molecule has 0 bridgehead atoms. The molecule has 88 valence electrons. The van der Waals surface area contributed by atoms with Gasteiger partial charge in [-0.25, -0.2) is 4.79 Å². The highest BCUT2D eigenvalue weighted by Crippen LogP contribution is 2.08. The monoisotopic (exact) mass is 217 g/mol. The molecule has 5 nitrogen and oxygen atoms in total. The minimum atomic E-state index is -0.477. The smallest absolute Gasteiger partial charge is 0.336 e. The molecule has 1 aliphatic heterocycles. The molecule has 0 saturated carbocycles. The molecule has 1 aliphatic rings. The number of morpholine rings is 1. The van der Waals surface area contributed by atoms with E-state index in [2.05, 4.69) is 9.64 Å². The Labute approximate surface area is 90.0 Å². The quantitative estimate of drug-likeness (QED) is 0.643. The molecule has 1 heterocycles. The molecule has 1 N–H and O–H groups in total. The summed E-state index contributed by atoms with van der Waals surface area (Å²) in [5, 5.41) is 8.94. The summed E-state index contributed by atoms with van der Waals surface area (Å²) in [6, 6.07) is 0. The fraction of sp³-hybridized carbons (Fsp3) is 0.900. The Morgan fingerprint density at radius 1 is 1.73 bits per heavy atom. The first-order valence-electron chi connectivity index (χ1n) is 5.20. The summed E-state index contributed by atoms with van der Waals surface area (Å²) in [5.41, 5.74) is 0. The van der Waals surface area contributed by atoms with Gasteiger partial charge in [0.25, 0.3) is 0 Å². The third kappa shape index (κ3) is 3.77. The van der Waals surface area contributed by atoms with Gasteiger partial charge in [0, 0.05) is 26.2 Å². The predicted molar refractivity (Wildman–Crippen MR) is 54.4 cm³/mol. The van der Waals surface area contributed by atoms with Crippen LogP contribution in [0.1, 0.15) is 6.92 Å². The molecular weight excluding hydrogens is 198 g/mol. The molecule has 0 aromatic heterocycles. The summed E-state index contributed by atoms with van der Waals surface area (Å²) in [6.45, 7) is 4.82. The lowest BCUT2D eigenvalue weighted by Crippen LogP contribution is -2.47. The van der Waals surface area contributed by atoms with Gasteiger partial charge in [-0.05, 0) is 5.92 Å². The standard InChI is InChI=1S/C10H19NO4/c1-8(7-12)5-11-3-4-15-9(6-11)10(13)14-2/h8-9,12H,3-7H2,1-2H3. The van der Waals surface area contributed by atoms with Gasteiger partial charge in [0.2, 0.25) is 0 Å². The average Bonchev–Trinajstić information content (AvgIpc) is 2.28. The van der Waals surface area contributed by atoms with E-state index in [1.54, 1.807) is 0 Å². The van der Waals surface area contributed by atoms with Gasteiger partial charge in [-0.1, -0.05) is 6.92 Å². The first kappa shape index (κ1) is 12.4. The lowest BCUT2D eigenvalue weighted by molar-refractivity contribution is -0.160. The molecular formula is C10H19NO4. The Morgan fingerprint density at radius 2 is 2.47 bits per heavy atom. The van der Waals surface area contributed by atoms with E-state index in [0.717, 1.165) is 13.1 Å². The summed E-state index contributed by atoms with van der Waals surface area (Å²) in [7, 11) is 1.36. The Hall–Kier alpha value is -0.650. The highest BCUT2D eigenvalue weighted by Gasteiger charge is 2.27. The van der Waals surface area contributed by atoms with Crippen molar-refractivity contribution in [2.75, 3.05) is 40.0 Å². The maximum Gasteiger partial charge on any atom is 0.336 e. The summed E-state index contributed by atoms with van der Waals surface area (Å²) < 4.78 is 9.93. The van der Waals surface area contributed by atoms with Crippen LogP contribution in [0.15, 0.2) is 0 Å². The second-order valence-corrected chi connectivity index (χ2v) is 3.93. The van der Waals surface area contributed by atoms with Crippen molar-refractivity contribution < 1.29 is 19.4 Å². The second-order valence-electron chi connectivity index (χ2n) is 3.93. The van der Waals surface area contributed by atoms with E-state index in [1.165, 1.54) is 7.11 Å². The van der Waals surface area contributed by atoms with Gasteiger partial charge in [-0.15, -0.1) is 0 Å². The van der Waals surface area contributed by atoms with Gasteiger partial charge in [-0.3, -0.25) is 4.90 Å². The van der Waals surface area contributed by atoms with E-state index in [9.17, 15) is 4.79 Å². The van der Waals surface area contributed by atoms with Gasteiger partial charge in [-0.2, -0.15) is 0 Å². The van der Waals surface area contributed by atoms with Gasteiger partial charge >= 0.3 is 5.97 Å². The number of carbonyl (C=O) groups is 1. The summed E-state index contributed by atoms with van der Waals surface area (Å²) >= 11 is 0. The molecule has 0 aliphatic carbocycles. The molecule has 2 unspecified atom stereocenters. The maximum absolute atomic E-state index is 11.2. The van der Waals surface area contributed by atoms with E-state index in [4.69, 9.17) is 9.84 Å². The zero-order valence-corrected chi connectivity index (χ0v) is 9.31. The number of aliphatic hydroxyl groups is 1. The normalized spacial score (nSPS) is 24.9. The fourth-order valence-electron chi connectivity index (χ4n) is 1.64. The number of methoxy groups -OCH3 is 1. The zero-order chi connectivity index (χ0) is 11.3.